The maximum atomic E-state index is 4.28. The van der Waals surface area contributed by atoms with Crippen LogP contribution in [-0.2, 0) is 102 Å². The Balaban J connectivity index is 0.000000232. The second kappa shape index (κ2) is 52.8. The zero-order chi connectivity index (χ0) is 82.0. The minimum atomic E-state index is 0. The molecule has 0 spiro atoms. The first-order valence-electron chi connectivity index (χ1n) is 42.3. The first kappa shape index (κ1) is 104. The molecule has 121 heavy (non-hydrogen) atoms. The number of para-hydroxylation sites is 5. The topological polar surface area (TPSA) is 184 Å². The Bertz CT molecular complexity index is 4280. The molecule has 0 bridgehead atoms. The summed E-state index contributed by atoms with van der Waals surface area (Å²) in [5.41, 5.74) is 5.95. The average molecular weight is 2080 g/mol. The standard InChI is InChI=1S/C18H27B2N5.C17H25B2N5.C16H23B2N5.2C15H21B2N5.5Pd/c1-4-5-6-10-15-25-19(2)23(17-11-8-7-9-12-17)16-24(20(25)3)18-13-14-21-22-18;1-4-5-9-14-24-18(2)22(16-10-7-6-8-11-16)15-23(19(24)3)17-12-13-20-21-17;1-4-5-13-23-17(2)21(15-9-7-6-8-10-15)14-22(18(23)3)16-11-12-19-20-16;1-13(2)22-16(3)20(14-8-6-5-7-9-14)12-21(17(22)4)15-10-11-18-19-15;1-4-12-22-16(2)20(14-8-6-5-7-9-14)13-21(17(22)3)15-10-11-18-19-15;;;;;/h7-9,11-14,16H,4-6,10,15H2,1-3H3;6-8,10-13,15H,4-5,9,14H2,1-3H3;6-12,14H,4-5,13H2,1-3H3;5-13H,1-4H3;5-11,13H,4,12H2,1-3H3;;;;;/q5*-2;5*+2. The van der Waals surface area contributed by atoms with Crippen molar-refractivity contribution in [3.8, 4) is 0 Å². The first-order chi connectivity index (χ1) is 56.5. The molecule has 5 saturated heterocycles. The van der Waals surface area contributed by atoms with Gasteiger partial charge in [0.15, 0.2) is 34.9 Å². The van der Waals surface area contributed by atoms with E-state index >= 15 is 0 Å². The Labute approximate surface area is 797 Å². The van der Waals surface area contributed by atoms with Gasteiger partial charge in [-0.1, -0.05) is 268 Å². The molecule has 25 nitrogen and oxygen atoms in total. The third kappa shape index (κ3) is 26.8. The fourth-order valence-corrected chi connectivity index (χ4v) is 16.5. The molecule has 0 aliphatic carbocycles. The number of aromatic nitrogens is 10. The SMILES string of the molecule is CB1N(c2ccccc2)[CH-]N(c2ccn[n-]2)B(C)N1C(C)C.CCCCCCN1B(C)N(c2ccccc2)[CH-]N(c2ccn[n-]2)B1C.CCCCCN1B(C)N(c2ccccc2)[CH-]N(c2ccn[n-]2)B1C.CCCCN1B(C)N(c2ccccc2)[CH-]N(c2ccn[n-]2)B1C.CCCN1B(C)N(c2ccccc2)[CH-]N(c2ccn[n-]2)B1C.[Pd+2].[Pd+2].[Pd+2].[Pd+2].[Pd+2]. The molecule has 10 heterocycles. The van der Waals surface area contributed by atoms with Crippen molar-refractivity contribution in [2.45, 2.75) is 180 Å². The molecule has 5 aliphatic rings. The third-order valence-corrected chi connectivity index (χ3v) is 23.0. The average Bonchev–Trinajstić information content (AvgIpc) is 1.79. The van der Waals surface area contributed by atoms with Gasteiger partial charge in [-0.3, -0.25) is 58.8 Å². The Morgan fingerprint density at radius 1 is 0.248 bits per heavy atom. The van der Waals surface area contributed by atoms with Crippen LogP contribution in [0.2, 0.25) is 68.2 Å². The van der Waals surface area contributed by atoms with Crippen molar-refractivity contribution in [2.75, 3.05) is 74.3 Å². The zero-order valence-electron chi connectivity index (χ0n) is 73.1. The number of benzene rings is 5. The molecule has 0 unspecified atom stereocenters. The second-order valence-corrected chi connectivity index (χ2v) is 30.7. The number of nitrogens with zero attached hydrogens (tertiary/aromatic N) is 25. The largest absolute Gasteiger partial charge is 2.00 e. The van der Waals surface area contributed by atoms with E-state index in [0.717, 1.165) is 61.7 Å². The van der Waals surface area contributed by atoms with Crippen molar-refractivity contribution in [3.05, 3.63) is 246 Å². The molecule has 10 aromatic rings. The molecule has 5 aliphatic heterocycles. The molecule has 0 amide bonds. The maximum Gasteiger partial charge on any atom is 2.00 e. The Morgan fingerprint density at radius 2 is 0.455 bits per heavy atom. The van der Waals surface area contributed by atoms with Crippen LogP contribution < -0.4 is 73.6 Å². The summed E-state index contributed by atoms with van der Waals surface area (Å²) in [6.07, 6.45) is 21.1. The van der Waals surface area contributed by atoms with Gasteiger partial charge >= 0.3 is 102 Å². The van der Waals surface area contributed by atoms with Gasteiger partial charge in [0.1, 0.15) is 0 Å². The third-order valence-electron chi connectivity index (χ3n) is 23.0. The van der Waals surface area contributed by atoms with Gasteiger partial charge in [0.05, 0.1) is 0 Å². The predicted octanol–water partition coefficient (Wildman–Crippen LogP) is 14.5. The van der Waals surface area contributed by atoms with E-state index in [-0.39, 0.29) is 144 Å². The number of anilines is 10. The summed E-state index contributed by atoms with van der Waals surface area (Å²) < 4.78 is 12.6. The smallest absolute Gasteiger partial charge is 0.614 e. The van der Waals surface area contributed by atoms with E-state index in [4.69, 9.17) is 0 Å². The Morgan fingerprint density at radius 3 is 0.686 bits per heavy atom. The molecule has 0 atom stereocenters. The van der Waals surface area contributed by atoms with E-state index in [0.29, 0.717) is 34.0 Å². The molecule has 646 valence electrons. The fraction of sp³-hybridized carbons (Fsp3) is 0.383. The van der Waals surface area contributed by atoms with Crippen LogP contribution in [0.5, 0.6) is 0 Å². The molecular formula is C81H117B10N25Pd5. The summed E-state index contributed by atoms with van der Waals surface area (Å²) in [6.45, 7) is 53.8. The van der Waals surface area contributed by atoms with Crippen molar-refractivity contribution in [3.63, 3.8) is 0 Å². The maximum absolute atomic E-state index is 4.28. The summed E-state index contributed by atoms with van der Waals surface area (Å²) >= 11 is 0. The van der Waals surface area contributed by atoms with E-state index in [1.165, 1.54) is 86.2 Å². The minimum Gasteiger partial charge on any atom is -0.614 e. The van der Waals surface area contributed by atoms with Crippen LogP contribution in [0.15, 0.2) is 213 Å². The zero-order valence-corrected chi connectivity index (χ0v) is 80.9. The molecule has 0 radical (unpaired) electrons. The van der Waals surface area contributed by atoms with Crippen molar-refractivity contribution in [1.82, 2.24) is 74.6 Å². The molecular weight excluding hydrogens is 1960 g/mol. The molecule has 5 aromatic carbocycles. The van der Waals surface area contributed by atoms with E-state index < -0.39 is 0 Å². The van der Waals surface area contributed by atoms with E-state index in [2.05, 4.69) is 405 Å². The predicted molar refractivity (Wildman–Crippen MR) is 495 cm³/mol. The van der Waals surface area contributed by atoms with Gasteiger partial charge in [-0.2, -0.15) is 0 Å². The van der Waals surface area contributed by atoms with Gasteiger partial charge in [-0.25, -0.2) is 0 Å². The van der Waals surface area contributed by atoms with E-state index in [1.54, 1.807) is 31.0 Å². The van der Waals surface area contributed by atoms with Crippen molar-refractivity contribution >= 4 is 127 Å². The van der Waals surface area contributed by atoms with Gasteiger partial charge < -0.3 is 97.2 Å². The molecule has 0 saturated carbocycles. The summed E-state index contributed by atoms with van der Waals surface area (Å²) in [5.74, 6) is 4.47. The van der Waals surface area contributed by atoms with Crippen LogP contribution in [0.25, 0.3) is 0 Å². The molecule has 5 aromatic heterocycles. The number of hydrogen-bond donors (Lipinski definition) is 0. The van der Waals surface area contributed by atoms with Crippen LogP contribution in [0.3, 0.4) is 0 Å². The van der Waals surface area contributed by atoms with Gasteiger partial charge in [-0.15, -0.1) is 0 Å². The van der Waals surface area contributed by atoms with Gasteiger partial charge in [0, 0.05) is 31.0 Å². The van der Waals surface area contributed by atoms with Crippen LogP contribution in [0.1, 0.15) is 106 Å². The van der Waals surface area contributed by atoms with Crippen molar-refractivity contribution in [2.24, 2.45) is 0 Å². The number of hydrogen-bond acceptors (Lipinski definition) is 20. The number of unbranched alkanes of at least 4 members (excludes halogenated alkanes) is 6. The molecule has 0 N–H and O–H groups in total. The summed E-state index contributed by atoms with van der Waals surface area (Å²) in [7, 11) is 0. The quantitative estimate of drug-likeness (QED) is 0.0299. The van der Waals surface area contributed by atoms with Gasteiger partial charge in [-0.05, 0) is 177 Å². The summed E-state index contributed by atoms with van der Waals surface area (Å²) in [4.78, 5) is 22.6. The normalized spacial score (nSPS) is 15.6. The summed E-state index contributed by atoms with van der Waals surface area (Å²) in [6, 6.07) is 62.8. The Hall–Kier alpha value is -6.09. The minimum absolute atomic E-state index is 0. The molecule has 40 heteroatoms. The van der Waals surface area contributed by atoms with Crippen LogP contribution in [-0.4, -0.2) is 151 Å². The molecule has 15 rings (SSSR count). The van der Waals surface area contributed by atoms with Crippen LogP contribution in [0, 0.1) is 33.3 Å². The fourth-order valence-electron chi connectivity index (χ4n) is 16.5. The summed E-state index contributed by atoms with van der Waals surface area (Å²) in [5, 5.41) is 41.2. The van der Waals surface area contributed by atoms with Crippen molar-refractivity contribution in [1.29, 1.82) is 0 Å². The first-order valence-corrected chi connectivity index (χ1v) is 42.3. The van der Waals surface area contributed by atoms with Gasteiger partial charge in [0.25, 0.3) is 34.9 Å². The Kier molecular flexibility index (Phi) is 45.2. The van der Waals surface area contributed by atoms with E-state index in [1.807, 2.05) is 42.5 Å². The van der Waals surface area contributed by atoms with E-state index in [9.17, 15) is 0 Å². The second-order valence-electron chi connectivity index (χ2n) is 30.7. The number of rotatable bonds is 25. The monoisotopic (exact) mass is 2080 g/mol. The van der Waals surface area contributed by atoms with Crippen LogP contribution in [0.4, 0.5) is 57.5 Å². The van der Waals surface area contributed by atoms with Crippen molar-refractivity contribution < 1.29 is 102 Å². The molecule has 5 fully saturated rings. The van der Waals surface area contributed by atoms with Crippen LogP contribution >= 0.6 is 0 Å². The van der Waals surface area contributed by atoms with Gasteiger partial charge in [0.2, 0.25) is 0 Å².